The molecule has 0 radical (unpaired) electrons. The normalized spacial score (nSPS) is 26.0. The lowest BCUT2D eigenvalue weighted by Crippen LogP contribution is -2.53. The average Bonchev–Trinajstić information content (AvgIpc) is 3.99. The summed E-state index contributed by atoms with van der Waals surface area (Å²) in [6.07, 6.45) is 3.52. The van der Waals surface area contributed by atoms with Gasteiger partial charge in [0.2, 0.25) is 11.8 Å². The van der Waals surface area contributed by atoms with E-state index in [1.165, 1.54) is 0 Å². The summed E-state index contributed by atoms with van der Waals surface area (Å²) in [6, 6.07) is 17.8. The van der Waals surface area contributed by atoms with Crippen molar-refractivity contribution in [1.29, 1.82) is 0 Å². The van der Waals surface area contributed by atoms with Crippen molar-refractivity contribution in [2.24, 2.45) is 23.7 Å². The second-order valence-electron chi connectivity index (χ2n) is 19.0. The van der Waals surface area contributed by atoms with Crippen LogP contribution in [-0.4, -0.2) is 125 Å². The van der Waals surface area contributed by atoms with Gasteiger partial charge in [0.25, 0.3) is 0 Å². The molecule has 6 fully saturated rings. The summed E-state index contributed by atoms with van der Waals surface area (Å²) in [5, 5.41) is 24.4. The van der Waals surface area contributed by atoms with Crippen molar-refractivity contribution in [3.63, 3.8) is 0 Å². The highest BCUT2D eigenvalue weighted by molar-refractivity contribution is 5.89. The number of carbonyl (C=O) groups excluding carboxylic acids is 2. The number of nitrogens with one attached hydrogen (secondary N) is 4. The number of imidazole rings is 2. The second kappa shape index (κ2) is 16.0. The molecule has 4 amide bonds. The molecule has 18 nitrogen and oxygen atoms in total. The van der Waals surface area contributed by atoms with Crippen molar-refractivity contribution in [2.45, 2.75) is 87.6 Å². The maximum absolute atomic E-state index is 14.2. The summed E-state index contributed by atoms with van der Waals surface area (Å²) in [7, 11) is 0. The number of amides is 4. The fourth-order valence-corrected chi connectivity index (χ4v) is 11.5. The lowest BCUT2D eigenvalue weighted by Gasteiger charge is -2.35. The number of hydrogen-bond acceptors (Lipinski definition) is 10. The number of nitrogens with zero attached hydrogens (tertiary/aromatic N) is 6. The zero-order valence-corrected chi connectivity index (χ0v) is 36.1. The molecule has 8 atom stereocenters. The van der Waals surface area contributed by atoms with Gasteiger partial charge in [-0.05, 0) is 124 Å². The number of pyridine rings is 2. The van der Waals surface area contributed by atoms with E-state index in [0.29, 0.717) is 75.6 Å². The van der Waals surface area contributed by atoms with Crippen molar-refractivity contribution in [2.75, 3.05) is 26.4 Å². The first-order valence-electron chi connectivity index (χ1n) is 23.2. The van der Waals surface area contributed by atoms with E-state index in [1.54, 1.807) is 0 Å². The van der Waals surface area contributed by atoms with Crippen LogP contribution in [0.4, 0.5) is 9.59 Å². The van der Waals surface area contributed by atoms with Crippen LogP contribution in [0.2, 0.25) is 0 Å². The molecule has 340 valence electrons. The molecule has 8 heterocycles. The molecule has 6 aromatic rings. The van der Waals surface area contributed by atoms with Crippen LogP contribution >= 0.6 is 0 Å². The van der Waals surface area contributed by atoms with E-state index in [9.17, 15) is 29.4 Å². The first-order valence-corrected chi connectivity index (χ1v) is 23.2. The van der Waals surface area contributed by atoms with Gasteiger partial charge in [-0.1, -0.05) is 12.1 Å². The third-order valence-corrected chi connectivity index (χ3v) is 15.1. The third-order valence-electron chi connectivity index (χ3n) is 15.1. The highest BCUT2D eigenvalue weighted by Gasteiger charge is 2.58. The molecule has 66 heavy (non-hydrogen) atoms. The molecule has 2 saturated carbocycles. The van der Waals surface area contributed by atoms with Gasteiger partial charge in [-0.2, -0.15) is 0 Å². The van der Waals surface area contributed by atoms with Crippen LogP contribution in [-0.2, 0) is 19.1 Å². The van der Waals surface area contributed by atoms with Crippen molar-refractivity contribution in [3.05, 3.63) is 72.3 Å². The number of carboxylic acid groups (broad SMARTS) is 2. The molecule has 4 saturated heterocycles. The summed E-state index contributed by atoms with van der Waals surface area (Å²) >= 11 is 0. The van der Waals surface area contributed by atoms with E-state index in [4.69, 9.17) is 29.4 Å². The van der Waals surface area contributed by atoms with Gasteiger partial charge >= 0.3 is 12.2 Å². The monoisotopic (exact) mass is 894 g/mol. The minimum Gasteiger partial charge on any atom is -0.465 e. The molecule has 0 spiro atoms. The van der Waals surface area contributed by atoms with E-state index < -0.39 is 24.3 Å². The lowest BCUT2D eigenvalue weighted by molar-refractivity contribution is -0.138. The van der Waals surface area contributed by atoms with E-state index in [-0.39, 0.29) is 47.8 Å². The zero-order valence-electron chi connectivity index (χ0n) is 36.1. The van der Waals surface area contributed by atoms with Crippen LogP contribution in [0.1, 0.15) is 75.1 Å². The predicted molar refractivity (Wildman–Crippen MR) is 239 cm³/mol. The number of rotatable bonds is 10. The highest BCUT2D eigenvalue weighted by atomic mass is 16.5. The lowest BCUT2D eigenvalue weighted by atomic mass is 9.90. The molecule has 18 heteroatoms. The summed E-state index contributed by atoms with van der Waals surface area (Å²) in [4.78, 5) is 82.7. The van der Waals surface area contributed by atoms with Crippen molar-refractivity contribution in [1.82, 2.24) is 50.3 Å². The van der Waals surface area contributed by atoms with Crippen molar-refractivity contribution < 1.29 is 38.9 Å². The molecule has 2 aliphatic carbocycles. The number of H-pyrrole nitrogens is 2. The fourth-order valence-electron chi connectivity index (χ4n) is 11.5. The van der Waals surface area contributed by atoms with Gasteiger partial charge in [-0.25, -0.2) is 29.5 Å². The SMILES string of the molecule is O=C(O)NC(C(=O)N1[C@@H]2C[C@@H]2C[C@H]1c1nc2cc(-c3ccc4nc(-c5ccc6[nH]c([C@@H]7C[C@H]8C[C@H]8N7C(=O)C(NC(=O)O)C7CCOCC7)nc6c5)ccc4n3)ccc2[nH]1)C1CCOCC1. The Morgan fingerprint density at radius 1 is 0.561 bits per heavy atom. The Morgan fingerprint density at radius 2 is 0.985 bits per heavy atom. The smallest absolute Gasteiger partial charge is 0.405 e. The van der Waals surface area contributed by atoms with Gasteiger partial charge in [-0.15, -0.1) is 0 Å². The number of aromatic nitrogens is 6. The quantitative estimate of drug-likeness (QED) is 0.0906. The van der Waals surface area contributed by atoms with Crippen LogP contribution in [0, 0.1) is 23.7 Å². The number of fused-ring (bicyclic) bond motifs is 5. The molecule has 6 aliphatic rings. The van der Waals surface area contributed by atoms with E-state index >= 15 is 0 Å². The van der Waals surface area contributed by atoms with Crippen LogP contribution in [0.5, 0.6) is 0 Å². The van der Waals surface area contributed by atoms with Crippen LogP contribution in [0.3, 0.4) is 0 Å². The van der Waals surface area contributed by atoms with Crippen LogP contribution in [0.15, 0.2) is 60.7 Å². The Morgan fingerprint density at radius 3 is 1.39 bits per heavy atom. The van der Waals surface area contributed by atoms with Crippen molar-refractivity contribution >= 4 is 57.1 Å². The molecule has 6 N–H and O–H groups in total. The maximum atomic E-state index is 14.2. The highest BCUT2D eigenvalue weighted by Crippen LogP contribution is 2.55. The Labute approximate surface area is 377 Å². The number of likely N-dealkylation sites (tertiary alicyclic amines) is 2. The van der Waals surface area contributed by atoms with Gasteiger partial charge in [0.05, 0.1) is 56.6 Å². The van der Waals surface area contributed by atoms with E-state index in [2.05, 4.69) is 20.6 Å². The van der Waals surface area contributed by atoms with Gasteiger partial charge < -0.3 is 50.1 Å². The van der Waals surface area contributed by atoms with E-state index in [0.717, 1.165) is 81.3 Å². The minimum absolute atomic E-state index is 0.0889. The van der Waals surface area contributed by atoms with Crippen LogP contribution in [0.25, 0.3) is 55.6 Å². The largest absolute Gasteiger partial charge is 0.465 e. The molecular formula is C48H50N10O8. The Kier molecular flexibility index (Phi) is 9.92. The van der Waals surface area contributed by atoms with E-state index in [1.807, 2.05) is 70.5 Å². The fraction of sp³-hybridized carbons (Fsp3) is 0.458. The van der Waals surface area contributed by atoms with Gasteiger partial charge in [0.15, 0.2) is 0 Å². The second-order valence-corrected chi connectivity index (χ2v) is 19.0. The summed E-state index contributed by atoms with van der Waals surface area (Å²) in [5.41, 5.74) is 7.97. The van der Waals surface area contributed by atoms with Crippen molar-refractivity contribution in [3.8, 4) is 22.5 Å². The molecular weight excluding hydrogens is 845 g/mol. The topological polar surface area (TPSA) is 241 Å². The van der Waals surface area contributed by atoms with Gasteiger partial charge in [0, 0.05) is 49.6 Å². The Bertz CT molecular complexity index is 2730. The number of ether oxygens (including phenoxy) is 2. The summed E-state index contributed by atoms with van der Waals surface area (Å²) in [6.45, 7) is 2.04. The number of benzene rings is 2. The third kappa shape index (κ3) is 7.35. The molecule has 0 bridgehead atoms. The Balaban J connectivity index is 0.767. The van der Waals surface area contributed by atoms with Gasteiger partial charge in [-0.3, -0.25) is 9.59 Å². The number of aromatic amines is 2. The minimum atomic E-state index is -1.20. The average molecular weight is 895 g/mol. The maximum Gasteiger partial charge on any atom is 0.405 e. The first-order chi connectivity index (χ1) is 32.1. The number of hydrogen-bond donors (Lipinski definition) is 6. The molecule has 12 rings (SSSR count). The molecule has 4 aromatic heterocycles. The van der Waals surface area contributed by atoms with Crippen LogP contribution < -0.4 is 10.6 Å². The number of piperidine rings is 2. The molecule has 2 unspecified atom stereocenters. The van der Waals surface area contributed by atoms with Gasteiger partial charge in [0.1, 0.15) is 23.7 Å². The Hall–Kier alpha value is -6.66. The number of carbonyl (C=O) groups is 4. The standard InChI is InChI=1S/C48H50N10O8/c59-45(41(55-47(61)62)23-9-13-65-14-10-23)57-37-19-27(37)21-39(57)43-51-33-3-1-25(17-35(33)53-43)29-5-7-32-31(49-29)8-6-30(50-32)26-2-4-34-36(18-26)54-44(52-34)40-22-28-20-38(28)58(40)46(60)42(56-48(63)64)24-11-15-66-16-12-24/h1-8,17-18,23-24,27-28,37-42,55-56H,9-16,19-22H2,(H,51,53)(H,52,54)(H,61,62)(H,63,64)/t27-,28-,37-,38-,39+,40+,41?,42?/m1/s1. The predicted octanol–water partition coefficient (Wildman–Crippen LogP) is 6.17. The summed E-state index contributed by atoms with van der Waals surface area (Å²) in [5.74, 6) is 1.56. The first kappa shape index (κ1) is 40.8. The molecule has 2 aromatic carbocycles. The summed E-state index contributed by atoms with van der Waals surface area (Å²) < 4.78 is 11.0. The zero-order chi connectivity index (χ0) is 44.8. The molecule has 4 aliphatic heterocycles.